The van der Waals surface area contributed by atoms with Crippen LogP contribution in [0.25, 0.3) is 0 Å². The largest absolute Gasteiger partial charge is 0.416 e. The number of benzene rings is 1. The fraction of sp³-hybridized carbons (Fsp3) is 0.400. The lowest BCUT2D eigenvalue weighted by atomic mass is 10.2. The van der Waals surface area contributed by atoms with Crippen molar-refractivity contribution in [2.24, 2.45) is 5.73 Å². The van der Waals surface area contributed by atoms with Crippen LogP contribution in [0.2, 0.25) is 0 Å². The molecule has 0 aromatic heterocycles. The molecule has 0 saturated carbocycles. The van der Waals surface area contributed by atoms with E-state index in [0.717, 1.165) is 29.2 Å². The molecule has 0 bridgehead atoms. The predicted octanol–water partition coefficient (Wildman–Crippen LogP) is 3.15. The van der Waals surface area contributed by atoms with Gasteiger partial charge in [0.1, 0.15) is 0 Å². The average Bonchev–Trinajstić information content (AvgIpc) is 2.18. The van der Waals surface area contributed by atoms with Crippen LogP contribution in [0.4, 0.5) is 13.2 Å². The zero-order valence-corrected chi connectivity index (χ0v) is 8.87. The van der Waals surface area contributed by atoms with Crippen LogP contribution in [0.3, 0.4) is 0 Å². The van der Waals surface area contributed by atoms with Gasteiger partial charge in [0.25, 0.3) is 0 Å². The van der Waals surface area contributed by atoms with Crippen LogP contribution in [0.15, 0.2) is 29.2 Å². The smallest absolute Gasteiger partial charge is 0.330 e. The van der Waals surface area contributed by atoms with E-state index in [1.807, 2.05) is 0 Å². The number of halogens is 3. The van der Waals surface area contributed by atoms with Crippen molar-refractivity contribution in [3.63, 3.8) is 0 Å². The molecule has 2 N–H and O–H groups in total. The molecule has 1 nitrogen and oxygen atoms in total. The summed E-state index contributed by atoms with van der Waals surface area (Å²) < 4.78 is 36.6. The Labute approximate surface area is 90.9 Å². The van der Waals surface area contributed by atoms with E-state index in [2.05, 4.69) is 0 Å². The van der Waals surface area contributed by atoms with Gasteiger partial charge < -0.3 is 5.73 Å². The molecule has 5 heteroatoms. The monoisotopic (exact) mass is 235 g/mol. The molecule has 1 rings (SSSR count). The number of alkyl halides is 3. The summed E-state index contributed by atoms with van der Waals surface area (Å²) in [6.45, 7) is 0.605. The molecule has 0 amide bonds. The van der Waals surface area contributed by atoms with Gasteiger partial charge in [-0.2, -0.15) is 13.2 Å². The van der Waals surface area contributed by atoms with Crippen LogP contribution in [0.5, 0.6) is 0 Å². The first-order valence-corrected chi connectivity index (χ1v) is 5.52. The second-order valence-electron chi connectivity index (χ2n) is 3.01. The fourth-order valence-electron chi connectivity index (χ4n) is 1.01. The van der Waals surface area contributed by atoms with Crippen molar-refractivity contribution in [2.45, 2.75) is 17.5 Å². The van der Waals surface area contributed by atoms with Crippen LogP contribution < -0.4 is 5.73 Å². The van der Waals surface area contributed by atoms with Gasteiger partial charge in [0, 0.05) is 4.90 Å². The molecule has 1 aromatic carbocycles. The summed E-state index contributed by atoms with van der Waals surface area (Å²) in [7, 11) is 0. The minimum atomic E-state index is -4.25. The first kappa shape index (κ1) is 12.4. The van der Waals surface area contributed by atoms with Gasteiger partial charge in [0.15, 0.2) is 0 Å². The summed E-state index contributed by atoms with van der Waals surface area (Å²) in [5, 5.41) is 0. The van der Waals surface area contributed by atoms with Crippen LogP contribution in [0.1, 0.15) is 12.0 Å². The van der Waals surface area contributed by atoms with Gasteiger partial charge in [-0.1, -0.05) is 0 Å². The molecule has 1 aromatic rings. The van der Waals surface area contributed by atoms with Crippen molar-refractivity contribution < 1.29 is 13.2 Å². The van der Waals surface area contributed by atoms with Crippen molar-refractivity contribution in [1.29, 1.82) is 0 Å². The summed E-state index contributed by atoms with van der Waals surface area (Å²) in [6, 6.07) is 5.18. The summed E-state index contributed by atoms with van der Waals surface area (Å²) in [4.78, 5) is 0.844. The van der Waals surface area contributed by atoms with Gasteiger partial charge in [-0.15, -0.1) is 11.8 Å². The third-order valence-electron chi connectivity index (χ3n) is 1.80. The number of rotatable bonds is 4. The predicted molar refractivity (Wildman–Crippen MR) is 55.8 cm³/mol. The molecule has 84 valence electrons. The van der Waals surface area contributed by atoms with Crippen LogP contribution in [-0.4, -0.2) is 12.3 Å². The molecule has 15 heavy (non-hydrogen) atoms. The van der Waals surface area contributed by atoms with Crippen molar-refractivity contribution in [2.75, 3.05) is 12.3 Å². The standard InChI is InChI=1S/C10H12F3NS/c11-10(12,13)8-2-4-9(5-3-8)15-7-1-6-14/h2-5H,1,6-7,14H2. The Morgan fingerprint density at radius 3 is 2.20 bits per heavy atom. The van der Waals surface area contributed by atoms with Gasteiger partial charge in [0.05, 0.1) is 5.56 Å². The van der Waals surface area contributed by atoms with Crippen molar-refractivity contribution in [3.05, 3.63) is 29.8 Å². The molecule has 0 aliphatic heterocycles. The average molecular weight is 235 g/mol. The number of hydrogen-bond donors (Lipinski definition) is 1. The van der Waals surface area contributed by atoms with E-state index in [4.69, 9.17) is 5.73 Å². The molecule has 0 saturated heterocycles. The quantitative estimate of drug-likeness (QED) is 0.641. The molecule has 0 fully saturated rings. The Hall–Kier alpha value is -0.680. The summed E-state index contributed by atoms with van der Waals surface area (Å²) in [5.74, 6) is 0.835. The maximum absolute atomic E-state index is 12.2. The molecule has 0 aliphatic carbocycles. The second kappa shape index (κ2) is 5.42. The molecule has 0 spiro atoms. The topological polar surface area (TPSA) is 26.0 Å². The van der Waals surface area contributed by atoms with Gasteiger partial charge in [0.2, 0.25) is 0 Å². The Morgan fingerprint density at radius 1 is 1.13 bits per heavy atom. The Balaban J connectivity index is 2.57. The van der Waals surface area contributed by atoms with Crippen LogP contribution >= 0.6 is 11.8 Å². The third kappa shape index (κ3) is 4.13. The van der Waals surface area contributed by atoms with E-state index in [1.54, 1.807) is 0 Å². The van der Waals surface area contributed by atoms with Gasteiger partial charge in [-0.3, -0.25) is 0 Å². The summed E-state index contributed by atoms with van der Waals surface area (Å²) >= 11 is 1.52. The normalized spacial score (nSPS) is 11.7. The minimum Gasteiger partial charge on any atom is -0.330 e. The fourth-order valence-corrected chi connectivity index (χ4v) is 1.89. The van der Waals surface area contributed by atoms with E-state index in [0.29, 0.717) is 6.54 Å². The zero-order chi connectivity index (χ0) is 11.3. The highest BCUT2D eigenvalue weighted by Gasteiger charge is 2.29. The van der Waals surface area contributed by atoms with Gasteiger partial charge in [-0.05, 0) is 43.0 Å². The number of nitrogens with two attached hydrogens (primary N) is 1. The molecular formula is C10H12F3NS. The highest BCUT2D eigenvalue weighted by atomic mass is 32.2. The maximum atomic E-state index is 12.2. The first-order chi connectivity index (χ1) is 7.04. The van der Waals surface area contributed by atoms with Crippen molar-refractivity contribution in [1.82, 2.24) is 0 Å². The van der Waals surface area contributed by atoms with Crippen LogP contribution in [-0.2, 0) is 6.18 Å². The molecule has 0 heterocycles. The van der Waals surface area contributed by atoms with E-state index < -0.39 is 11.7 Å². The summed E-state index contributed by atoms with van der Waals surface area (Å²) in [6.07, 6.45) is -3.38. The third-order valence-corrected chi connectivity index (χ3v) is 2.90. The van der Waals surface area contributed by atoms with Crippen molar-refractivity contribution in [3.8, 4) is 0 Å². The molecule has 0 unspecified atom stereocenters. The van der Waals surface area contributed by atoms with E-state index >= 15 is 0 Å². The van der Waals surface area contributed by atoms with Crippen LogP contribution in [0, 0.1) is 0 Å². The lowest BCUT2D eigenvalue weighted by Crippen LogP contribution is -2.04. The minimum absolute atomic E-state index is 0.605. The zero-order valence-electron chi connectivity index (χ0n) is 8.05. The highest BCUT2D eigenvalue weighted by molar-refractivity contribution is 7.99. The van der Waals surface area contributed by atoms with E-state index in [1.165, 1.54) is 23.9 Å². The molecule has 0 atom stereocenters. The summed E-state index contributed by atoms with van der Waals surface area (Å²) in [5.41, 5.74) is 4.71. The first-order valence-electron chi connectivity index (χ1n) is 4.54. The molecular weight excluding hydrogens is 223 g/mol. The Morgan fingerprint density at radius 2 is 1.73 bits per heavy atom. The SMILES string of the molecule is NCCCSc1ccc(C(F)(F)F)cc1. The second-order valence-corrected chi connectivity index (χ2v) is 4.18. The maximum Gasteiger partial charge on any atom is 0.416 e. The molecule has 0 aliphatic rings. The number of hydrogen-bond acceptors (Lipinski definition) is 2. The van der Waals surface area contributed by atoms with Crippen molar-refractivity contribution >= 4 is 11.8 Å². The Bertz CT molecular complexity index is 295. The van der Waals surface area contributed by atoms with E-state index in [9.17, 15) is 13.2 Å². The lowest BCUT2D eigenvalue weighted by Gasteiger charge is -2.07. The lowest BCUT2D eigenvalue weighted by molar-refractivity contribution is -0.137. The van der Waals surface area contributed by atoms with E-state index in [-0.39, 0.29) is 0 Å². The molecule has 0 radical (unpaired) electrons. The highest BCUT2D eigenvalue weighted by Crippen LogP contribution is 2.30. The van der Waals surface area contributed by atoms with Gasteiger partial charge >= 0.3 is 6.18 Å². The Kier molecular flexibility index (Phi) is 4.47. The van der Waals surface area contributed by atoms with Gasteiger partial charge in [-0.25, -0.2) is 0 Å². The number of thioether (sulfide) groups is 1.